The molecule has 1 saturated heterocycles. The number of rotatable bonds is 8. The first-order chi connectivity index (χ1) is 19.0. The molecular weight excluding hydrogens is 492 g/mol. The van der Waals surface area contributed by atoms with Gasteiger partial charge in [0.05, 0.1) is 18.0 Å². The number of piperazine rings is 1. The molecule has 200 valence electrons. The largest absolute Gasteiger partial charge is 0.484 e. The number of para-hydroxylation sites is 2. The van der Waals surface area contributed by atoms with Crippen LogP contribution in [-0.4, -0.2) is 65.9 Å². The van der Waals surface area contributed by atoms with Crippen LogP contribution in [0.2, 0.25) is 0 Å². The molecule has 39 heavy (non-hydrogen) atoms. The number of hydrogen-bond donors (Lipinski definition) is 0. The summed E-state index contributed by atoms with van der Waals surface area (Å²) in [5, 5.41) is 4.59. The van der Waals surface area contributed by atoms with Crippen molar-refractivity contribution in [1.82, 2.24) is 14.7 Å². The minimum atomic E-state index is -0.440. The summed E-state index contributed by atoms with van der Waals surface area (Å²) in [6, 6.07) is 27.3. The summed E-state index contributed by atoms with van der Waals surface area (Å²) in [6.45, 7) is 6.90. The first kappa shape index (κ1) is 26.0. The van der Waals surface area contributed by atoms with Gasteiger partial charge in [-0.1, -0.05) is 48.5 Å². The van der Waals surface area contributed by atoms with Crippen molar-refractivity contribution < 1.29 is 19.1 Å². The third-order valence-corrected chi connectivity index (χ3v) is 6.80. The smallest absolute Gasteiger partial charge is 0.358 e. The number of carbonyl (C=O) groups excluding carboxylic acids is 2. The minimum Gasteiger partial charge on any atom is -0.484 e. The fourth-order valence-electron chi connectivity index (χ4n) is 4.69. The number of amides is 1. The summed E-state index contributed by atoms with van der Waals surface area (Å²) in [5.74, 6) is 0.253. The van der Waals surface area contributed by atoms with Crippen LogP contribution in [0.5, 0.6) is 5.75 Å². The van der Waals surface area contributed by atoms with Gasteiger partial charge in [0, 0.05) is 37.4 Å². The van der Waals surface area contributed by atoms with Crippen LogP contribution in [0.1, 0.15) is 23.0 Å². The van der Waals surface area contributed by atoms with E-state index in [1.165, 1.54) is 0 Å². The van der Waals surface area contributed by atoms with E-state index in [-0.39, 0.29) is 18.2 Å². The van der Waals surface area contributed by atoms with Crippen molar-refractivity contribution in [2.75, 3.05) is 44.3 Å². The zero-order valence-electron chi connectivity index (χ0n) is 22.2. The molecule has 0 aliphatic carbocycles. The van der Waals surface area contributed by atoms with E-state index in [4.69, 9.17) is 9.47 Å². The molecule has 0 bridgehead atoms. The van der Waals surface area contributed by atoms with Gasteiger partial charge in [0.25, 0.3) is 5.91 Å². The summed E-state index contributed by atoms with van der Waals surface area (Å²) in [7, 11) is 0. The Balaban J connectivity index is 1.27. The molecule has 1 amide bonds. The maximum atomic E-state index is 12.6. The van der Waals surface area contributed by atoms with Crippen LogP contribution in [0.4, 0.5) is 5.69 Å². The Morgan fingerprint density at radius 1 is 0.872 bits per heavy atom. The molecule has 0 saturated carbocycles. The Labute approximate surface area is 228 Å². The van der Waals surface area contributed by atoms with Gasteiger partial charge < -0.3 is 19.3 Å². The second-order valence-electron chi connectivity index (χ2n) is 9.35. The van der Waals surface area contributed by atoms with Crippen LogP contribution < -0.4 is 9.64 Å². The molecule has 3 aromatic carbocycles. The molecule has 4 aromatic rings. The number of anilines is 1. The van der Waals surface area contributed by atoms with E-state index in [0.717, 1.165) is 41.3 Å². The van der Waals surface area contributed by atoms with Gasteiger partial charge in [-0.2, -0.15) is 5.10 Å². The monoisotopic (exact) mass is 524 g/mol. The quantitative estimate of drug-likeness (QED) is 0.310. The topological polar surface area (TPSA) is 76.9 Å². The van der Waals surface area contributed by atoms with Gasteiger partial charge >= 0.3 is 5.97 Å². The predicted molar refractivity (Wildman–Crippen MR) is 150 cm³/mol. The number of nitrogens with zero attached hydrogens (tertiary/aromatic N) is 4. The van der Waals surface area contributed by atoms with Crippen molar-refractivity contribution in [3.63, 3.8) is 0 Å². The number of esters is 1. The van der Waals surface area contributed by atoms with Crippen molar-refractivity contribution in [1.29, 1.82) is 0 Å². The molecule has 1 aliphatic heterocycles. The van der Waals surface area contributed by atoms with E-state index in [1.807, 2.05) is 78.6 Å². The number of ether oxygens (including phenoxy) is 2. The van der Waals surface area contributed by atoms with Crippen molar-refractivity contribution >= 4 is 17.6 Å². The highest BCUT2D eigenvalue weighted by Crippen LogP contribution is 2.28. The molecule has 0 atom stereocenters. The highest BCUT2D eigenvalue weighted by atomic mass is 16.5. The van der Waals surface area contributed by atoms with Gasteiger partial charge in [0.2, 0.25) is 0 Å². The van der Waals surface area contributed by atoms with E-state index in [0.29, 0.717) is 25.4 Å². The van der Waals surface area contributed by atoms with E-state index < -0.39 is 5.97 Å². The standard InChI is InChI=1S/C31H32N4O4/c1-3-38-31(37)27-21-29(35(32-27)28-12-8-7-9-23(28)2)24-13-15-25(16-14-24)33-17-19-34(20-18-33)30(36)22-39-26-10-5-4-6-11-26/h4-16,21H,3,17-20,22H2,1-2H3. The molecular formula is C31H32N4O4. The third kappa shape index (κ3) is 5.95. The number of carbonyl (C=O) groups is 2. The number of aryl methyl sites for hydroxylation is 1. The highest BCUT2D eigenvalue weighted by molar-refractivity contribution is 5.89. The van der Waals surface area contributed by atoms with Gasteiger partial charge in [0.15, 0.2) is 12.3 Å². The van der Waals surface area contributed by atoms with Gasteiger partial charge in [-0.05, 0) is 55.8 Å². The average molecular weight is 525 g/mol. The van der Waals surface area contributed by atoms with Gasteiger partial charge in [-0.3, -0.25) is 4.79 Å². The molecule has 1 aromatic heterocycles. The second-order valence-corrected chi connectivity index (χ2v) is 9.35. The molecule has 0 N–H and O–H groups in total. The van der Waals surface area contributed by atoms with Gasteiger partial charge in [-0.15, -0.1) is 0 Å². The molecule has 1 aliphatic rings. The van der Waals surface area contributed by atoms with E-state index in [9.17, 15) is 9.59 Å². The van der Waals surface area contributed by atoms with Crippen LogP contribution in [0.25, 0.3) is 16.9 Å². The molecule has 1 fully saturated rings. The fraction of sp³-hybridized carbons (Fsp3) is 0.258. The molecule has 8 heteroatoms. The van der Waals surface area contributed by atoms with Crippen LogP contribution in [0.15, 0.2) is 84.9 Å². The lowest BCUT2D eigenvalue weighted by Crippen LogP contribution is -2.50. The Bertz CT molecular complexity index is 1420. The minimum absolute atomic E-state index is 0.00396. The van der Waals surface area contributed by atoms with Crippen LogP contribution >= 0.6 is 0 Å². The molecule has 2 heterocycles. The molecule has 0 unspecified atom stereocenters. The molecule has 0 radical (unpaired) electrons. The summed E-state index contributed by atoms with van der Waals surface area (Å²) in [5.41, 5.74) is 5.07. The van der Waals surface area contributed by atoms with Gasteiger partial charge in [0.1, 0.15) is 5.75 Å². The highest BCUT2D eigenvalue weighted by Gasteiger charge is 2.23. The zero-order valence-corrected chi connectivity index (χ0v) is 22.2. The van der Waals surface area contributed by atoms with Crippen LogP contribution in [0, 0.1) is 6.92 Å². The van der Waals surface area contributed by atoms with Crippen molar-refractivity contribution in [2.24, 2.45) is 0 Å². The van der Waals surface area contributed by atoms with Gasteiger partial charge in [-0.25, -0.2) is 9.48 Å². The normalized spacial score (nSPS) is 13.3. The SMILES string of the molecule is CCOC(=O)c1cc(-c2ccc(N3CCN(C(=O)COc4ccccc4)CC3)cc2)n(-c2ccccc2C)n1. The van der Waals surface area contributed by atoms with Crippen LogP contribution in [-0.2, 0) is 9.53 Å². The average Bonchev–Trinajstić information content (AvgIpc) is 3.42. The van der Waals surface area contributed by atoms with Crippen LogP contribution in [0.3, 0.4) is 0 Å². The first-order valence-electron chi connectivity index (χ1n) is 13.2. The zero-order chi connectivity index (χ0) is 27.2. The fourth-order valence-corrected chi connectivity index (χ4v) is 4.69. The summed E-state index contributed by atoms with van der Waals surface area (Å²) < 4.78 is 12.6. The molecule has 5 rings (SSSR count). The Hall–Kier alpha value is -4.59. The molecule has 8 nitrogen and oxygen atoms in total. The van der Waals surface area contributed by atoms with Crippen molar-refractivity contribution in [2.45, 2.75) is 13.8 Å². The Morgan fingerprint density at radius 3 is 2.26 bits per heavy atom. The Kier molecular flexibility index (Phi) is 7.91. The number of hydrogen-bond acceptors (Lipinski definition) is 6. The lowest BCUT2D eigenvalue weighted by Gasteiger charge is -2.36. The molecule has 0 spiro atoms. The second kappa shape index (κ2) is 11.9. The lowest BCUT2D eigenvalue weighted by molar-refractivity contribution is -0.133. The lowest BCUT2D eigenvalue weighted by atomic mass is 10.1. The third-order valence-electron chi connectivity index (χ3n) is 6.80. The van der Waals surface area contributed by atoms with E-state index in [2.05, 4.69) is 22.1 Å². The van der Waals surface area contributed by atoms with E-state index >= 15 is 0 Å². The first-order valence-corrected chi connectivity index (χ1v) is 13.2. The summed E-state index contributed by atoms with van der Waals surface area (Å²) >= 11 is 0. The van der Waals surface area contributed by atoms with Crippen molar-refractivity contribution in [3.05, 3.63) is 96.2 Å². The maximum absolute atomic E-state index is 12.6. The van der Waals surface area contributed by atoms with E-state index in [1.54, 1.807) is 17.7 Å². The number of aromatic nitrogens is 2. The maximum Gasteiger partial charge on any atom is 0.358 e. The van der Waals surface area contributed by atoms with Crippen molar-refractivity contribution in [3.8, 4) is 22.7 Å². The summed E-state index contributed by atoms with van der Waals surface area (Å²) in [6.07, 6.45) is 0. The Morgan fingerprint density at radius 2 is 1.56 bits per heavy atom. The number of benzene rings is 3. The predicted octanol–water partition coefficient (Wildman–Crippen LogP) is 4.75. The summed E-state index contributed by atoms with van der Waals surface area (Å²) in [4.78, 5) is 29.2.